The summed E-state index contributed by atoms with van der Waals surface area (Å²) in [6, 6.07) is 3.81. The number of nitriles is 2. The zero-order valence-electron chi connectivity index (χ0n) is 18.9. The zero-order valence-corrected chi connectivity index (χ0v) is 18.9. The number of carbonyl (C=O) groups is 5. The van der Waals surface area contributed by atoms with Gasteiger partial charge in [0.15, 0.2) is 11.1 Å². The molecule has 2 aliphatic heterocycles. The highest BCUT2D eigenvalue weighted by molar-refractivity contribution is 6.01. The summed E-state index contributed by atoms with van der Waals surface area (Å²) in [7, 11) is 0. The fourth-order valence-corrected chi connectivity index (χ4v) is 2.87. The van der Waals surface area contributed by atoms with Crippen molar-refractivity contribution >= 4 is 29.7 Å². The highest BCUT2D eigenvalue weighted by atomic mass is 16.7. The first kappa shape index (κ1) is 26.1. The molecule has 0 aromatic carbocycles. The molecular weight excluding hydrogens is 448 g/mol. The first-order valence-electron chi connectivity index (χ1n) is 10.5. The summed E-state index contributed by atoms with van der Waals surface area (Å²) in [5, 5.41) is 28.1. The van der Waals surface area contributed by atoms with Crippen LogP contribution in [0.1, 0.15) is 65.2 Å². The van der Waals surface area contributed by atoms with Crippen LogP contribution in [0.2, 0.25) is 0 Å². The van der Waals surface area contributed by atoms with Crippen LogP contribution in [0.25, 0.3) is 0 Å². The van der Waals surface area contributed by atoms with Gasteiger partial charge in [0.1, 0.15) is 0 Å². The van der Waals surface area contributed by atoms with E-state index in [1.54, 1.807) is 0 Å². The van der Waals surface area contributed by atoms with Crippen molar-refractivity contribution in [2.45, 2.75) is 76.3 Å². The number of azo groups is 1. The van der Waals surface area contributed by atoms with Gasteiger partial charge in [0.05, 0.1) is 30.7 Å². The minimum Gasteiger partial charge on any atom is -0.334 e. The molecule has 3 amide bonds. The van der Waals surface area contributed by atoms with Crippen molar-refractivity contribution < 1.29 is 33.6 Å². The van der Waals surface area contributed by atoms with Gasteiger partial charge >= 0.3 is 11.9 Å². The van der Waals surface area contributed by atoms with E-state index >= 15 is 0 Å². The largest absolute Gasteiger partial charge is 0.334 e. The lowest BCUT2D eigenvalue weighted by atomic mass is 9.97. The van der Waals surface area contributed by atoms with Gasteiger partial charge < -0.3 is 9.68 Å². The molecule has 0 aliphatic carbocycles. The van der Waals surface area contributed by atoms with Gasteiger partial charge in [0, 0.05) is 19.3 Å². The third-order valence-corrected chi connectivity index (χ3v) is 5.14. The zero-order chi connectivity index (χ0) is 25.5. The Kier molecular flexibility index (Phi) is 8.19. The molecule has 2 fully saturated rings. The molecule has 0 spiro atoms. The molecule has 13 heteroatoms. The summed E-state index contributed by atoms with van der Waals surface area (Å²) in [6.07, 6.45) is -0.369. The molecule has 0 aromatic rings. The van der Waals surface area contributed by atoms with Crippen LogP contribution >= 0.6 is 0 Å². The molecule has 2 saturated heterocycles. The minimum atomic E-state index is -1.52. The van der Waals surface area contributed by atoms with Crippen LogP contribution in [0.3, 0.4) is 0 Å². The third-order valence-electron chi connectivity index (χ3n) is 5.14. The van der Waals surface area contributed by atoms with Gasteiger partial charge in [-0.15, -0.1) is 10.1 Å². The number of amides is 3. The van der Waals surface area contributed by atoms with Crippen molar-refractivity contribution in [1.29, 1.82) is 10.5 Å². The molecule has 2 aliphatic rings. The fraction of sp³-hybridized carbons (Fsp3) is 0.571. The number of hydroxylamine groups is 4. The van der Waals surface area contributed by atoms with Crippen molar-refractivity contribution in [1.82, 2.24) is 10.1 Å². The van der Waals surface area contributed by atoms with Crippen LogP contribution in [0, 0.1) is 22.7 Å². The molecule has 2 unspecified atom stereocenters. The van der Waals surface area contributed by atoms with E-state index in [1.165, 1.54) is 13.8 Å². The van der Waals surface area contributed by atoms with Gasteiger partial charge in [-0.2, -0.15) is 20.8 Å². The van der Waals surface area contributed by atoms with E-state index in [0.29, 0.717) is 17.2 Å². The number of hydrogen-bond donors (Lipinski definition) is 0. The standard InChI is InChI=1S/C21H24N6O7/c1-14-4-5-15(28)26(14)33-18(31)8-10-20(2,12-22)24-25-21(3,13-23)11-9-19(32)34-27-16(29)6-7-17(27)30/h1,4-11H2,2-3H3/b25-24+. The number of rotatable bonds is 10. The summed E-state index contributed by atoms with van der Waals surface area (Å²) >= 11 is 0. The minimum absolute atomic E-state index is 0.0420. The lowest BCUT2D eigenvalue weighted by Gasteiger charge is -2.20. The molecule has 180 valence electrons. The van der Waals surface area contributed by atoms with Crippen molar-refractivity contribution in [3.05, 3.63) is 12.3 Å². The molecule has 0 bridgehead atoms. The molecule has 2 rings (SSSR count). The van der Waals surface area contributed by atoms with E-state index in [2.05, 4.69) is 16.8 Å². The average molecular weight is 472 g/mol. The van der Waals surface area contributed by atoms with Gasteiger partial charge in [-0.1, -0.05) is 6.58 Å². The maximum Gasteiger partial charge on any atom is 0.333 e. The fourth-order valence-electron chi connectivity index (χ4n) is 2.87. The van der Waals surface area contributed by atoms with E-state index in [1.807, 2.05) is 12.1 Å². The van der Waals surface area contributed by atoms with E-state index in [-0.39, 0.29) is 50.9 Å². The monoisotopic (exact) mass is 472 g/mol. The van der Waals surface area contributed by atoms with E-state index < -0.39 is 34.8 Å². The molecule has 13 nitrogen and oxygen atoms in total. The summed E-state index contributed by atoms with van der Waals surface area (Å²) in [5.74, 6) is -3.29. The van der Waals surface area contributed by atoms with Crippen LogP contribution in [-0.4, -0.2) is 50.9 Å². The number of imide groups is 1. The molecule has 2 atom stereocenters. The number of hydrogen-bond acceptors (Lipinski definition) is 11. The van der Waals surface area contributed by atoms with Crippen LogP contribution in [-0.2, 0) is 33.6 Å². The normalized spacial score (nSPS) is 19.5. The Morgan fingerprint density at radius 2 is 1.24 bits per heavy atom. The van der Waals surface area contributed by atoms with E-state index in [0.717, 1.165) is 5.06 Å². The van der Waals surface area contributed by atoms with Crippen molar-refractivity contribution in [3.63, 3.8) is 0 Å². The smallest absolute Gasteiger partial charge is 0.333 e. The molecule has 34 heavy (non-hydrogen) atoms. The molecule has 0 saturated carbocycles. The third kappa shape index (κ3) is 6.68. The SMILES string of the molecule is C=C1CCC(=O)N1OC(=O)CCC(C)(C#N)/N=N/C(C)(C#N)CCC(=O)ON1C(=O)CCC1=O. The maximum atomic E-state index is 12.1. The topological polar surface area (TPSA) is 183 Å². The van der Waals surface area contributed by atoms with Gasteiger partial charge in [-0.3, -0.25) is 14.4 Å². The highest BCUT2D eigenvalue weighted by Gasteiger charge is 2.35. The first-order chi connectivity index (χ1) is 15.9. The molecule has 0 radical (unpaired) electrons. The Bertz CT molecular complexity index is 914. The second kappa shape index (κ2) is 10.7. The summed E-state index contributed by atoms with van der Waals surface area (Å²) < 4.78 is 0. The summed E-state index contributed by atoms with van der Waals surface area (Å²) in [4.78, 5) is 68.5. The van der Waals surface area contributed by atoms with E-state index in [4.69, 9.17) is 9.68 Å². The number of nitrogens with zero attached hydrogens (tertiary/aromatic N) is 6. The lowest BCUT2D eigenvalue weighted by molar-refractivity contribution is -0.197. The van der Waals surface area contributed by atoms with Crippen LogP contribution in [0.15, 0.2) is 22.5 Å². The predicted molar refractivity (Wildman–Crippen MR) is 110 cm³/mol. The second-order valence-corrected chi connectivity index (χ2v) is 8.23. The molecule has 0 N–H and O–H groups in total. The Balaban J connectivity index is 1.91. The first-order valence-corrected chi connectivity index (χ1v) is 10.5. The van der Waals surface area contributed by atoms with Crippen LogP contribution in [0.4, 0.5) is 0 Å². The predicted octanol–water partition coefficient (Wildman–Crippen LogP) is 1.77. The summed E-state index contributed by atoms with van der Waals surface area (Å²) in [5.41, 5.74) is -2.64. The lowest BCUT2D eigenvalue weighted by Crippen LogP contribution is -2.33. The van der Waals surface area contributed by atoms with Crippen molar-refractivity contribution in [2.75, 3.05) is 0 Å². The van der Waals surface area contributed by atoms with Gasteiger partial charge in [0.25, 0.3) is 17.7 Å². The average Bonchev–Trinajstić information content (AvgIpc) is 3.30. The Labute approximate surface area is 195 Å². The Hall–Kier alpha value is -4.13. The van der Waals surface area contributed by atoms with Crippen molar-refractivity contribution in [3.8, 4) is 12.1 Å². The molecule has 0 aromatic heterocycles. The number of allylic oxidation sites excluding steroid dienone is 1. The Morgan fingerprint density at radius 3 is 1.62 bits per heavy atom. The molecule has 2 heterocycles. The quantitative estimate of drug-likeness (QED) is 0.338. The van der Waals surface area contributed by atoms with Gasteiger partial charge in [-0.25, -0.2) is 9.59 Å². The van der Waals surface area contributed by atoms with Gasteiger partial charge in [0.2, 0.25) is 0 Å². The van der Waals surface area contributed by atoms with Gasteiger partial charge in [-0.05, 0) is 33.1 Å². The number of carbonyl (C=O) groups excluding carboxylic acids is 5. The van der Waals surface area contributed by atoms with Crippen LogP contribution < -0.4 is 0 Å². The van der Waals surface area contributed by atoms with Crippen LogP contribution in [0.5, 0.6) is 0 Å². The maximum absolute atomic E-state index is 12.1. The highest BCUT2D eigenvalue weighted by Crippen LogP contribution is 2.25. The van der Waals surface area contributed by atoms with Crippen molar-refractivity contribution in [2.24, 2.45) is 10.2 Å². The van der Waals surface area contributed by atoms with E-state index in [9.17, 15) is 34.5 Å². The molecular formula is C21H24N6O7. The Morgan fingerprint density at radius 1 is 0.853 bits per heavy atom. The summed E-state index contributed by atoms with van der Waals surface area (Å²) in [6.45, 7) is 6.42. The second-order valence-electron chi connectivity index (χ2n) is 8.23.